The zero-order valence-electron chi connectivity index (χ0n) is 8.14. The van der Waals surface area contributed by atoms with Crippen LogP contribution in [0.25, 0.3) is 10.9 Å². The Morgan fingerprint density at radius 2 is 2.27 bits per heavy atom. The molecule has 0 aliphatic rings. The number of carbonyl (C=O) groups is 1. The molecule has 1 heterocycles. The van der Waals surface area contributed by atoms with E-state index in [1.807, 2.05) is 0 Å². The Morgan fingerprint density at radius 1 is 1.53 bits per heavy atom. The fourth-order valence-corrected chi connectivity index (χ4v) is 1.65. The van der Waals surface area contributed by atoms with Gasteiger partial charge in [-0.05, 0) is 19.1 Å². The van der Waals surface area contributed by atoms with Gasteiger partial charge in [0.1, 0.15) is 12.3 Å². The lowest BCUT2D eigenvalue weighted by atomic mass is 10.2. The Balaban J connectivity index is 2.68. The second-order valence-corrected chi connectivity index (χ2v) is 3.31. The molecular formula is C10H10N2O3. The van der Waals surface area contributed by atoms with Crippen LogP contribution in [-0.4, -0.2) is 26.0 Å². The van der Waals surface area contributed by atoms with Gasteiger partial charge in [-0.1, -0.05) is 6.07 Å². The van der Waals surface area contributed by atoms with Crippen LogP contribution in [0.5, 0.6) is 5.75 Å². The zero-order valence-corrected chi connectivity index (χ0v) is 8.14. The number of phenolic OH excluding ortho intramolecular Hbond substituents is 1. The van der Waals surface area contributed by atoms with Crippen LogP contribution in [0.2, 0.25) is 0 Å². The van der Waals surface area contributed by atoms with Crippen LogP contribution in [0.3, 0.4) is 0 Å². The number of aromatic hydroxyl groups is 1. The topological polar surface area (TPSA) is 75.4 Å². The average Bonchev–Trinajstić information content (AvgIpc) is 2.44. The van der Waals surface area contributed by atoms with Crippen molar-refractivity contribution in [2.45, 2.75) is 13.5 Å². The summed E-state index contributed by atoms with van der Waals surface area (Å²) in [6.45, 7) is 1.54. The molecule has 0 atom stereocenters. The predicted molar refractivity (Wildman–Crippen MR) is 53.8 cm³/mol. The van der Waals surface area contributed by atoms with Crippen molar-refractivity contribution in [3.63, 3.8) is 0 Å². The maximum atomic E-state index is 10.6. The van der Waals surface area contributed by atoms with E-state index in [0.717, 1.165) is 0 Å². The molecule has 0 spiro atoms. The van der Waals surface area contributed by atoms with Gasteiger partial charge in [-0.2, -0.15) is 5.10 Å². The van der Waals surface area contributed by atoms with Crippen LogP contribution in [-0.2, 0) is 11.3 Å². The third kappa shape index (κ3) is 1.52. The second kappa shape index (κ2) is 3.27. The molecule has 0 aliphatic carbocycles. The van der Waals surface area contributed by atoms with Gasteiger partial charge in [0.15, 0.2) is 0 Å². The number of hydrogen-bond donors (Lipinski definition) is 2. The van der Waals surface area contributed by atoms with Gasteiger partial charge in [0, 0.05) is 0 Å². The van der Waals surface area contributed by atoms with Crippen molar-refractivity contribution in [3.05, 3.63) is 23.9 Å². The summed E-state index contributed by atoms with van der Waals surface area (Å²) < 4.78 is 1.37. The van der Waals surface area contributed by atoms with Crippen molar-refractivity contribution in [1.82, 2.24) is 9.78 Å². The van der Waals surface area contributed by atoms with Crippen molar-refractivity contribution in [1.29, 1.82) is 0 Å². The van der Waals surface area contributed by atoms with E-state index >= 15 is 0 Å². The lowest BCUT2D eigenvalue weighted by Gasteiger charge is -1.98. The molecule has 1 aromatic heterocycles. The first-order valence-electron chi connectivity index (χ1n) is 4.46. The second-order valence-electron chi connectivity index (χ2n) is 3.31. The van der Waals surface area contributed by atoms with E-state index < -0.39 is 5.97 Å². The number of benzene rings is 1. The molecule has 2 N–H and O–H groups in total. The number of aryl methyl sites for hydroxylation is 1. The van der Waals surface area contributed by atoms with E-state index in [4.69, 9.17) is 5.11 Å². The third-order valence-electron chi connectivity index (χ3n) is 2.22. The SMILES string of the molecule is Cc1nn(CC(=O)O)c2cccc(O)c12. The molecule has 15 heavy (non-hydrogen) atoms. The minimum absolute atomic E-state index is 0.127. The summed E-state index contributed by atoms with van der Waals surface area (Å²) in [6, 6.07) is 4.96. The molecule has 0 amide bonds. The van der Waals surface area contributed by atoms with Crippen LogP contribution in [0, 0.1) is 6.92 Å². The molecule has 0 bridgehead atoms. The van der Waals surface area contributed by atoms with Crippen molar-refractivity contribution >= 4 is 16.9 Å². The van der Waals surface area contributed by atoms with Crippen LogP contribution < -0.4 is 0 Å². The standard InChI is InChI=1S/C10H10N2O3/c1-6-10-7(3-2-4-8(10)13)12(11-6)5-9(14)15/h2-4,13H,5H2,1H3,(H,14,15). The number of rotatable bonds is 2. The van der Waals surface area contributed by atoms with E-state index in [2.05, 4.69) is 5.10 Å². The predicted octanol–water partition coefficient (Wildman–Crippen LogP) is 1.13. The van der Waals surface area contributed by atoms with Crippen LogP contribution >= 0.6 is 0 Å². The first-order chi connectivity index (χ1) is 7.09. The molecule has 0 saturated carbocycles. The fourth-order valence-electron chi connectivity index (χ4n) is 1.65. The van der Waals surface area contributed by atoms with Crippen molar-refractivity contribution < 1.29 is 15.0 Å². The highest BCUT2D eigenvalue weighted by Crippen LogP contribution is 2.26. The Labute approximate surface area is 85.6 Å². The third-order valence-corrected chi connectivity index (χ3v) is 2.22. The number of fused-ring (bicyclic) bond motifs is 1. The number of carboxylic acids is 1. The van der Waals surface area contributed by atoms with Crippen molar-refractivity contribution in [2.75, 3.05) is 0 Å². The monoisotopic (exact) mass is 206 g/mol. The van der Waals surface area contributed by atoms with Crippen molar-refractivity contribution in [2.24, 2.45) is 0 Å². The molecule has 78 valence electrons. The molecule has 0 radical (unpaired) electrons. The van der Waals surface area contributed by atoms with Gasteiger partial charge in [-0.15, -0.1) is 0 Å². The van der Waals surface area contributed by atoms with Gasteiger partial charge in [0.05, 0.1) is 16.6 Å². The number of aromatic nitrogens is 2. The molecule has 2 aromatic rings. The fraction of sp³-hybridized carbons (Fsp3) is 0.200. The van der Waals surface area contributed by atoms with Gasteiger partial charge in [-0.25, -0.2) is 0 Å². The molecule has 0 aliphatic heterocycles. The first kappa shape index (κ1) is 9.51. The lowest BCUT2D eigenvalue weighted by Crippen LogP contribution is -2.09. The summed E-state index contributed by atoms with van der Waals surface area (Å²) >= 11 is 0. The van der Waals surface area contributed by atoms with E-state index in [0.29, 0.717) is 16.6 Å². The summed E-state index contributed by atoms with van der Waals surface area (Å²) in [6.07, 6.45) is 0. The van der Waals surface area contributed by atoms with Gasteiger partial charge in [-0.3, -0.25) is 9.48 Å². The first-order valence-corrected chi connectivity index (χ1v) is 4.46. The van der Waals surface area contributed by atoms with Gasteiger partial charge in [0.25, 0.3) is 0 Å². The number of hydrogen-bond acceptors (Lipinski definition) is 3. The van der Waals surface area contributed by atoms with Crippen LogP contribution in [0.1, 0.15) is 5.69 Å². The molecular weight excluding hydrogens is 196 g/mol. The highest BCUT2D eigenvalue weighted by molar-refractivity contribution is 5.88. The van der Waals surface area contributed by atoms with Crippen molar-refractivity contribution in [3.8, 4) is 5.75 Å². The summed E-state index contributed by atoms with van der Waals surface area (Å²) in [5, 5.41) is 23.0. The molecule has 1 aromatic carbocycles. The molecule has 5 heteroatoms. The number of carboxylic acid groups (broad SMARTS) is 1. The quantitative estimate of drug-likeness (QED) is 0.772. The summed E-state index contributed by atoms with van der Waals surface area (Å²) in [7, 11) is 0. The summed E-state index contributed by atoms with van der Waals surface area (Å²) in [5.41, 5.74) is 1.26. The summed E-state index contributed by atoms with van der Waals surface area (Å²) in [4.78, 5) is 10.6. The zero-order chi connectivity index (χ0) is 11.0. The summed E-state index contributed by atoms with van der Waals surface area (Å²) in [5.74, 6) is -0.829. The number of aliphatic carboxylic acids is 1. The van der Waals surface area contributed by atoms with E-state index in [9.17, 15) is 9.90 Å². The normalized spacial score (nSPS) is 10.7. The number of nitrogens with zero attached hydrogens (tertiary/aromatic N) is 2. The molecule has 2 rings (SSSR count). The smallest absolute Gasteiger partial charge is 0.325 e. The molecule has 0 unspecified atom stereocenters. The lowest BCUT2D eigenvalue weighted by molar-refractivity contribution is -0.137. The highest BCUT2D eigenvalue weighted by Gasteiger charge is 2.12. The Hall–Kier alpha value is -2.04. The van der Waals surface area contributed by atoms with Gasteiger partial charge >= 0.3 is 5.97 Å². The Bertz CT molecular complexity index is 531. The molecule has 0 saturated heterocycles. The van der Waals surface area contributed by atoms with E-state index in [1.165, 1.54) is 4.68 Å². The minimum Gasteiger partial charge on any atom is -0.507 e. The number of phenols is 1. The van der Waals surface area contributed by atoms with E-state index in [1.54, 1.807) is 25.1 Å². The highest BCUT2D eigenvalue weighted by atomic mass is 16.4. The van der Waals surface area contributed by atoms with Gasteiger partial charge < -0.3 is 10.2 Å². The maximum absolute atomic E-state index is 10.6. The van der Waals surface area contributed by atoms with Crippen LogP contribution in [0.4, 0.5) is 0 Å². The molecule has 0 fully saturated rings. The van der Waals surface area contributed by atoms with E-state index in [-0.39, 0.29) is 12.3 Å². The minimum atomic E-state index is -0.956. The Kier molecular flexibility index (Phi) is 2.07. The van der Waals surface area contributed by atoms with Crippen LogP contribution in [0.15, 0.2) is 18.2 Å². The Morgan fingerprint density at radius 3 is 2.93 bits per heavy atom. The molecule has 5 nitrogen and oxygen atoms in total. The maximum Gasteiger partial charge on any atom is 0.325 e. The largest absolute Gasteiger partial charge is 0.507 e. The average molecular weight is 206 g/mol. The van der Waals surface area contributed by atoms with Gasteiger partial charge in [0.2, 0.25) is 0 Å².